The molecular weight excluding hydrogens is 397 g/mol. The third-order valence-corrected chi connectivity index (χ3v) is 5.48. The molecule has 160 valence electrons. The van der Waals surface area contributed by atoms with Crippen molar-refractivity contribution in [3.05, 3.63) is 65.4 Å². The first-order valence-electron chi connectivity index (χ1n) is 10.4. The van der Waals surface area contributed by atoms with Crippen LogP contribution >= 0.6 is 0 Å². The Balaban J connectivity index is 1.39. The van der Waals surface area contributed by atoms with Gasteiger partial charge in [-0.05, 0) is 54.2 Å². The van der Waals surface area contributed by atoms with Crippen LogP contribution in [0.3, 0.4) is 0 Å². The van der Waals surface area contributed by atoms with E-state index < -0.39 is 6.86 Å². The van der Waals surface area contributed by atoms with Crippen molar-refractivity contribution in [1.29, 1.82) is 0 Å². The fourth-order valence-electron chi connectivity index (χ4n) is 3.88. The number of ether oxygens (including phenoxy) is 1. The Morgan fingerprint density at radius 2 is 2.10 bits per heavy atom. The molecule has 0 atom stereocenters. The number of carbonyl (C=O) groups is 2. The van der Waals surface area contributed by atoms with Crippen LogP contribution in [0.25, 0.3) is 11.6 Å². The van der Waals surface area contributed by atoms with Gasteiger partial charge in [-0.2, -0.15) is 0 Å². The van der Waals surface area contributed by atoms with Gasteiger partial charge in [0.15, 0.2) is 0 Å². The summed E-state index contributed by atoms with van der Waals surface area (Å²) in [6.07, 6.45) is 9.56. The van der Waals surface area contributed by atoms with Gasteiger partial charge in [0, 0.05) is 37.3 Å². The Morgan fingerprint density at radius 1 is 1.23 bits per heavy atom. The fourth-order valence-corrected chi connectivity index (χ4v) is 3.88. The molecule has 1 aromatic carbocycles. The number of anilines is 1. The lowest BCUT2D eigenvalue weighted by Gasteiger charge is -2.19. The van der Waals surface area contributed by atoms with E-state index in [9.17, 15) is 14.0 Å². The molecule has 0 saturated carbocycles. The number of amides is 2. The minimum atomic E-state index is -0.871. The molecule has 0 bridgehead atoms. The zero-order chi connectivity index (χ0) is 21.6. The van der Waals surface area contributed by atoms with Crippen LogP contribution < -0.4 is 10.1 Å². The summed E-state index contributed by atoms with van der Waals surface area (Å²) in [4.78, 5) is 30.3. The molecule has 2 amide bonds. The molecule has 1 N–H and O–H groups in total. The summed E-state index contributed by atoms with van der Waals surface area (Å²) >= 11 is 0. The predicted molar refractivity (Wildman–Crippen MR) is 117 cm³/mol. The van der Waals surface area contributed by atoms with E-state index >= 15 is 0 Å². The molecule has 4 rings (SSSR count). The molecule has 0 aliphatic carbocycles. The molecule has 3 heterocycles. The Labute approximate surface area is 180 Å². The Kier molecular flexibility index (Phi) is 6.40. The molecule has 1 aromatic heterocycles. The van der Waals surface area contributed by atoms with Crippen LogP contribution in [0.5, 0.6) is 5.75 Å². The van der Waals surface area contributed by atoms with Gasteiger partial charge in [-0.25, -0.2) is 9.37 Å². The smallest absolute Gasteiger partial charge is 0.246 e. The SMILES string of the molecule is O=C1CCc2cc(/C=C/C(=O)N3CCC=C(c4ccccc4OCF)CC3)cnc2N1. The summed E-state index contributed by atoms with van der Waals surface area (Å²) in [5.41, 5.74) is 3.74. The molecule has 2 aromatic rings. The van der Waals surface area contributed by atoms with Gasteiger partial charge in [-0.1, -0.05) is 24.3 Å². The second-order valence-electron chi connectivity index (χ2n) is 7.50. The van der Waals surface area contributed by atoms with Gasteiger partial charge in [-0.3, -0.25) is 9.59 Å². The van der Waals surface area contributed by atoms with Gasteiger partial charge in [0.2, 0.25) is 18.7 Å². The average molecular weight is 421 g/mol. The van der Waals surface area contributed by atoms with Crippen LogP contribution in [0.1, 0.15) is 36.0 Å². The summed E-state index contributed by atoms with van der Waals surface area (Å²) < 4.78 is 17.8. The van der Waals surface area contributed by atoms with E-state index in [1.165, 1.54) is 0 Å². The summed E-state index contributed by atoms with van der Waals surface area (Å²) in [5, 5.41) is 2.76. The van der Waals surface area contributed by atoms with Crippen LogP contribution in [-0.2, 0) is 16.0 Å². The van der Waals surface area contributed by atoms with E-state index in [1.807, 2.05) is 29.2 Å². The van der Waals surface area contributed by atoms with E-state index in [2.05, 4.69) is 16.4 Å². The number of aryl methyl sites for hydroxylation is 1. The molecule has 2 aliphatic rings. The monoisotopic (exact) mass is 421 g/mol. The highest BCUT2D eigenvalue weighted by Gasteiger charge is 2.18. The highest BCUT2D eigenvalue weighted by atomic mass is 19.1. The van der Waals surface area contributed by atoms with Crippen molar-refractivity contribution in [2.24, 2.45) is 0 Å². The number of fused-ring (bicyclic) bond motifs is 1. The normalized spacial score (nSPS) is 16.4. The number of pyridine rings is 1. The zero-order valence-corrected chi connectivity index (χ0v) is 17.1. The molecule has 0 fully saturated rings. The van der Waals surface area contributed by atoms with Crippen LogP contribution in [0, 0.1) is 0 Å². The lowest BCUT2D eigenvalue weighted by Crippen LogP contribution is -2.30. The number of hydrogen-bond donors (Lipinski definition) is 1. The number of nitrogens with one attached hydrogen (secondary N) is 1. The zero-order valence-electron chi connectivity index (χ0n) is 17.1. The molecule has 0 saturated heterocycles. The Hall–Kier alpha value is -3.48. The number of aromatic nitrogens is 1. The van der Waals surface area contributed by atoms with Gasteiger partial charge in [-0.15, -0.1) is 0 Å². The standard InChI is InChI=1S/C24H24FN3O3/c25-16-31-21-6-2-1-5-20(21)18-4-3-12-28(13-11-18)23(30)10-7-17-14-19-8-9-22(29)27-24(19)26-15-17/h1-2,4-7,10,14-15H,3,8-9,11-13,16H2,(H,26,27,29)/b10-7+. The van der Waals surface area contributed by atoms with Gasteiger partial charge >= 0.3 is 0 Å². The van der Waals surface area contributed by atoms with Crippen molar-refractivity contribution < 1.29 is 18.7 Å². The molecular formula is C24H24FN3O3. The van der Waals surface area contributed by atoms with Crippen molar-refractivity contribution >= 4 is 29.3 Å². The highest BCUT2D eigenvalue weighted by Crippen LogP contribution is 2.30. The van der Waals surface area contributed by atoms with Gasteiger partial charge < -0.3 is 15.0 Å². The number of alkyl halides is 1. The number of nitrogens with zero attached hydrogens (tertiary/aromatic N) is 2. The number of halogens is 1. The molecule has 0 unspecified atom stereocenters. The molecule has 0 radical (unpaired) electrons. The summed E-state index contributed by atoms with van der Waals surface area (Å²) in [6, 6.07) is 9.34. The van der Waals surface area contributed by atoms with Gasteiger partial charge in [0.25, 0.3) is 0 Å². The lowest BCUT2D eigenvalue weighted by molar-refractivity contribution is -0.125. The summed E-state index contributed by atoms with van der Waals surface area (Å²) in [6.45, 7) is 0.324. The molecule has 6 nitrogen and oxygen atoms in total. The molecule has 2 aliphatic heterocycles. The summed E-state index contributed by atoms with van der Waals surface area (Å²) in [7, 11) is 0. The van der Waals surface area contributed by atoms with Crippen LogP contribution in [0.2, 0.25) is 0 Å². The van der Waals surface area contributed by atoms with E-state index in [0.717, 1.165) is 28.7 Å². The minimum Gasteiger partial charge on any atom is -0.462 e. The largest absolute Gasteiger partial charge is 0.462 e. The van der Waals surface area contributed by atoms with Crippen molar-refractivity contribution in [1.82, 2.24) is 9.88 Å². The van der Waals surface area contributed by atoms with E-state index in [0.29, 0.717) is 43.9 Å². The van der Waals surface area contributed by atoms with Crippen molar-refractivity contribution in [2.45, 2.75) is 25.7 Å². The fraction of sp³-hybridized carbons (Fsp3) is 0.292. The predicted octanol–water partition coefficient (Wildman–Crippen LogP) is 3.99. The number of benzene rings is 1. The number of carbonyl (C=O) groups excluding carboxylic acids is 2. The number of rotatable bonds is 5. The first-order valence-corrected chi connectivity index (χ1v) is 10.4. The van der Waals surface area contributed by atoms with Crippen molar-refractivity contribution in [3.8, 4) is 5.75 Å². The average Bonchev–Trinajstić information content (AvgIpc) is 3.04. The quantitative estimate of drug-likeness (QED) is 0.741. The Bertz CT molecular complexity index is 1050. The number of para-hydroxylation sites is 1. The van der Waals surface area contributed by atoms with Crippen molar-refractivity contribution in [3.63, 3.8) is 0 Å². The maximum absolute atomic E-state index is 12.7. The van der Waals surface area contributed by atoms with E-state index in [4.69, 9.17) is 4.74 Å². The van der Waals surface area contributed by atoms with Crippen LogP contribution in [-0.4, -0.2) is 41.6 Å². The van der Waals surface area contributed by atoms with Gasteiger partial charge in [0.1, 0.15) is 11.6 Å². The van der Waals surface area contributed by atoms with E-state index in [1.54, 1.807) is 24.4 Å². The number of hydrogen-bond acceptors (Lipinski definition) is 4. The van der Waals surface area contributed by atoms with Crippen molar-refractivity contribution in [2.75, 3.05) is 25.3 Å². The molecule has 7 heteroatoms. The maximum atomic E-state index is 12.7. The topological polar surface area (TPSA) is 71.5 Å². The minimum absolute atomic E-state index is 0.0218. The highest BCUT2D eigenvalue weighted by molar-refractivity contribution is 5.94. The second-order valence-corrected chi connectivity index (χ2v) is 7.50. The third-order valence-electron chi connectivity index (χ3n) is 5.48. The van der Waals surface area contributed by atoms with E-state index in [-0.39, 0.29) is 11.8 Å². The third kappa shape index (κ3) is 4.99. The van der Waals surface area contributed by atoms with Gasteiger partial charge in [0.05, 0.1) is 0 Å². The Morgan fingerprint density at radius 3 is 2.97 bits per heavy atom. The molecule has 0 spiro atoms. The first-order chi connectivity index (χ1) is 15.1. The lowest BCUT2D eigenvalue weighted by atomic mass is 10.0. The first kappa shape index (κ1) is 20.8. The van der Waals surface area contributed by atoms with Crippen LogP contribution in [0.15, 0.2) is 48.7 Å². The summed E-state index contributed by atoms with van der Waals surface area (Å²) in [5.74, 6) is 1.04. The second kappa shape index (κ2) is 9.55. The van der Waals surface area contributed by atoms with Crippen LogP contribution in [0.4, 0.5) is 10.2 Å². The maximum Gasteiger partial charge on any atom is 0.246 e. The molecule has 31 heavy (non-hydrogen) atoms.